The highest BCUT2D eigenvalue weighted by atomic mass is 32.2. The number of hydrogen-bond acceptors (Lipinski definition) is 3. The summed E-state index contributed by atoms with van der Waals surface area (Å²) in [5, 5.41) is 6.62. The van der Waals surface area contributed by atoms with E-state index in [1.807, 2.05) is 0 Å². The molecule has 0 radical (unpaired) electrons. The molecule has 18 heavy (non-hydrogen) atoms. The van der Waals surface area contributed by atoms with E-state index in [4.69, 9.17) is 0 Å². The van der Waals surface area contributed by atoms with Gasteiger partial charge in [-0.15, -0.1) is 0 Å². The number of thioether (sulfide) groups is 1. The average molecular weight is 272 g/mol. The molecule has 1 aliphatic heterocycles. The maximum atomic E-state index is 12.5. The van der Waals surface area contributed by atoms with Crippen LogP contribution in [0.1, 0.15) is 40.0 Å². The highest BCUT2D eigenvalue weighted by Gasteiger charge is 2.37. The van der Waals surface area contributed by atoms with Gasteiger partial charge >= 0.3 is 0 Å². The molecule has 0 saturated carbocycles. The summed E-state index contributed by atoms with van der Waals surface area (Å²) < 4.78 is 0. The zero-order valence-electron chi connectivity index (χ0n) is 12.2. The highest BCUT2D eigenvalue weighted by Crippen LogP contribution is 2.32. The molecule has 0 bridgehead atoms. The number of piperidine rings is 1. The lowest BCUT2D eigenvalue weighted by atomic mass is 9.74. The summed E-state index contributed by atoms with van der Waals surface area (Å²) in [6, 6.07) is 0.309. The Balaban J connectivity index is 2.56. The van der Waals surface area contributed by atoms with Crippen LogP contribution in [0.15, 0.2) is 0 Å². The third-order valence-corrected chi connectivity index (χ3v) is 4.83. The molecule has 0 aromatic heterocycles. The van der Waals surface area contributed by atoms with Gasteiger partial charge in [0.1, 0.15) is 0 Å². The van der Waals surface area contributed by atoms with Crippen LogP contribution >= 0.6 is 11.8 Å². The molecule has 1 rings (SSSR count). The molecule has 1 aliphatic rings. The van der Waals surface area contributed by atoms with E-state index < -0.39 is 0 Å². The Kier molecular flexibility index (Phi) is 6.50. The summed E-state index contributed by atoms with van der Waals surface area (Å²) in [5.74, 6) is 1.68. The van der Waals surface area contributed by atoms with E-state index in [9.17, 15) is 4.79 Å². The molecule has 3 nitrogen and oxygen atoms in total. The van der Waals surface area contributed by atoms with Gasteiger partial charge in [0, 0.05) is 17.2 Å². The maximum Gasteiger partial charge on any atom is 0.226 e. The molecule has 2 atom stereocenters. The van der Waals surface area contributed by atoms with E-state index in [2.05, 4.69) is 37.7 Å². The molecular weight excluding hydrogens is 244 g/mol. The number of rotatable bonds is 6. The van der Waals surface area contributed by atoms with Crippen molar-refractivity contribution in [2.45, 2.75) is 46.1 Å². The van der Waals surface area contributed by atoms with Crippen molar-refractivity contribution >= 4 is 17.7 Å². The molecule has 0 aliphatic carbocycles. The Labute approximate surface area is 116 Å². The molecule has 106 valence electrons. The summed E-state index contributed by atoms with van der Waals surface area (Å²) in [4.78, 5) is 12.5. The molecular formula is C14H28N2OS. The summed E-state index contributed by atoms with van der Waals surface area (Å²) in [6.45, 7) is 8.38. The molecule has 2 unspecified atom stereocenters. The van der Waals surface area contributed by atoms with Crippen molar-refractivity contribution < 1.29 is 4.79 Å². The van der Waals surface area contributed by atoms with E-state index >= 15 is 0 Å². The third-order valence-electron chi connectivity index (χ3n) is 4.10. The van der Waals surface area contributed by atoms with Crippen LogP contribution < -0.4 is 10.6 Å². The van der Waals surface area contributed by atoms with Crippen LogP contribution in [0, 0.1) is 11.3 Å². The predicted octanol–water partition coefficient (Wildman–Crippen LogP) is 2.27. The molecule has 4 heteroatoms. The van der Waals surface area contributed by atoms with Gasteiger partial charge in [-0.25, -0.2) is 0 Å². The minimum absolute atomic E-state index is 0.220. The van der Waals surface area contributed by atoms with Crippen molar-refractivity contribution in [1.29, 1.82) is 0 Å². The summed E-state index contributed by atoms with van der Waals surface area (Å²) >= 11 is 1.80. The van der Waals surface area contributed by atoms with Crippen LogP contribution in [0.5, 0.6) is 0 Å². The maximum absolute atomic E-state index is 12.5. The molecule has 1 amide bonds. The second-order valence-corrected chi connectivity index (χ2v) is 6.71. The van der Waals surface area contributed by atoms with Gasteiger partial charge < -0.3 is 10.6 Å². The summed E-state index contributed by atoms with van der Waals surface area (Å²) in [5.41, 5.74) is -0.265. The topological polar surface area (TPSA) is 41.1 Å². The first-order valence-corrected chi connectivity index (χ1v) is 8.42. The molecule has 0 spiro atoms. The monoisotopic (exact) mass is 272 g/mol. The van der Waals surface area contributed by atoms with Crippen LogP contribution in [0.3, 0.4) is 0 Å². The van der Waals surface area contributed by atoms with Crippen molar-refractivity contribution in [3.05, 3.63) is 0 Å². The minimum Gasteiger partial charge on any atom is -0.352 e. The van der Waals surface area contributed by atoms with Gasteiger partial charge in [0.15, 0.2) is 0 Å². The highest BCUT2D eigenvalue weighted by molar-refractivity contribution is 7.98. The number of carbonyl (C=O) groups excluding carboxylic acids is 1. The van der Waals surface area contributed by atoms with Gasteiger partial charge in [-0.3, -0.25) is 4.79 Å². The zero-order chi connectivity index (χ0) is 13.6. The zero-order valence-corrected chi connectivity index (χ0v) is 13.0. The number of nitrogens with one attached hydrogen (secondary N) is 2. The van der Waals surface area contributed by atoms with Crippen LogP contribution in [-0.4, -0.2) is 37.0 Å². The van der Waals surface area contributed by atoms with Gasteiger partial charge in [-0.05, 0) is 44.5 Å². The van der Waals surface area contributed by atoms with Crippen molar-refractivity contribution in [3.8, 4) is 0 Å². The van der Waals surface area contributed by atoms with Crippen molar-refractivity contribution in [1.82, 2.24) is 10.6 Å². The minimum atomic E-state index is -0.265. The molecule has 1 heterocycles. The number of hydrogen-bond donors (Lipinski definition) is 2. The van der Waals surface area contributed by atoms with E-state index in [0.717, 1.165) is 31.7 Å². The van der Waals surface area contributed by atoms with Gasteiger partial charge in [0.2, 0.25) is 5.91 Å². The van der Waals surface area contributed by atoms with Crippen molar-refractivity contribution in [2.24, 2.45) is 11.3 Å². The van der Waals surface area contributed by atoms with E-state index in [1.165, 1.54) is 6.42 Å². The van der Waals surface area contributed by atoms with Gasteiger partial charge in [0.05, 0.1) is 0 Å². The number of carbonyl (C=O) groups is 1. The van der Waals surface area contributed by atoms with Crippen LogP contribution in [0.25, 0.3) is 0 Å². The molecule has 0 aromatic rings. The smallest absolute Gasteiger partial charge is 0.226 e. The standard InChI is InChI=1S/C14H28N2OS/c1-5-12(10-18-4)16-13(17)14(2,3)11-7-6-8-15-9-11/h11-12,15H,5-10H2,1-4H3,(H,16,17). The summed E-state index contributed by atoms with van der Waals surface area (Å²) in [7, 11) is 0. The fourth-order valence-electron chi connectivity index (χ4n) is 2.49. The van der Waals surface area contributed by atoms with Gasteiger partial charge in [-0.2, -0.15) is 11.8 Å². The largest absolute Gasteiger partial charge is 0.352 e. The lowest BCUT2D eigenvalue weighted by Crippen LogP contribution is -2.50. The molecule has 1 fully saturated rings. The normalized spacial score (nSPS) is 22.6. The average Bonchev–Trinajstić information content (AvgIpc) is 2.39. The SMILES string of the molecule is CCC(CSC)NC(=O)C(C)(C)C1CCCNC1. The predicted molar refractivity (Wildman–Crippen MR) is 80.0 cm³/mol. The van der Waals surface area contributed by atoms with Crippen LogP contribution in [0.2, 0.25) is 0 Å². The first-order valence-electron chi connectivity index (χ1n) is 7.03. The lowest BCUT2D eigenvalue weighted by Gasteiger charge is -2.37. The van der Waals surface area contributed by atoms with E-state index in [1.54, 1.807) is 11.8 Å². The van der Waals surface area contributed by atoms with Crippen LogP contribution in [0.4, 0.5) is 0 Å². The Morgan fingerprint density at radius 3 is 2.78 bits per heavy atom. The Hall–Kier alpha value is -0.220. The number of amides is 1. The Morgan fingerprint density at radius 1 is 1.56 bits per heavy atom. The summed E-state index contributed by atoms with van der Waals surface area (Å²) in [6.07, 6.45) is 5.44. The van der Waals surface area contributed by atoms with Gasteiger partial charge in [0.25, 0.3) is 0 Å². The van der Waals surface area contributed by atoms with Gasteiger partial charge in [-0.1, -0.05) is 20.8 Å². The molecule has 1 saturated heterocycles. The Morgan fingerprint density at radius 2 is 2.28 bits per heavy atom. The van der Waals surface area contributed by atoms with E-state index in [0.29, 0.717) is 12.0 Å². The van der Waals surface area contributed by atoms with Crippen LogP contribution in [-0.2, 0) is 4.79 Å². The lowest BCUT2D eigenvalue weighted by molar-refractivity contribution is -0.133. The first-order chi connectivity index (χ1) is 8.52. The van der Waals surface area contributed by atoms with Crippen molar-refractivity contribution in [2.75, 3.05) is 25.1 Å². The molecule has 0 aromatic carbocycles. The third kappa shape index (κ3) is 4.16. The molecule has 2 N–H and O–H groups in total. The fourth-order valence-corrected chi connectivity index (χ4v) is 3.21. The Bertz CT molecular complexity index is 263. The van der Waals surface area contributed by atoms with Crippen molar-refractivity contribution in [3.63, 3.8) is 0 Å². The quantitative estimate of drug-likeness (QED) is 0.779. The second-order valence-electron chi connectivity index (χ2n) is 5.80. The second kappa shape index (κ2) is 7.39. The van der Waals surface area contributed by atoms with E-state index in [-0.39, 0.29) is 11.3 Å². The first kappa shape index (κ1) is 15.8. The fraction of sp³-hybridized carbons (Fsp3) is 0.929.